The normalized spacial score (nSPS) is 20.1. The van der Waals surface area contributed by atoms with Gasteiger partial charge in [0.2, 0.25) is 5.91 Å². The van der Waals surface area contributed by atoms with Gasteiger partial charge in [-0.2, -0.15) is 0 Å². The fourth-order valence-electron chi connectivity index (χ4n) is 2.86. The fourth-order valence-corrected chi connectivity index (χ4v) is 4.87. The summed E-state index contributed by atoms with van der Waals surface area (Å²) in [6, 6.07) is 5.84. The van der Waals surface area contributed by atoms with Crippen LogP contribution in [-0.4, -0.2) is 36.2 Å². The number of hydrogen-bond donors (Lipinski definition) is 0. The minimum Gasteiger partial charge on any atom is -0.335 e. The number of likely N-dealkylation sites (tertiary alicyclic amines) is 1. The maximum Gasteiger partial charge on any atom is 0.343 e. The highest BCUT2D eigenvalue weighted by atomic mass is 31.2. The quantitative estimate of drug-likeness (QED) is 0.708. The van der Waals surface area contributed by atoms with E-state index in [1.165, 1.54) is 12.1 Å². The van der Waals surface area contributed by atoms with E-state index in [2.05, 4.69) is 0 Å². The molecule has 0 aromatic heterocycles. The average molecular weight is 343 g/mol. The largest absolute Gasteiger partial charge is 0.343 e. The molecule has 0 N–H and O–H groups in total. The van der Waals surface area contributed by atoms with Crippen LogP contribution in [0.5, 0.6) is 0 Å². The van der Waals surface area contributed by atoms with Crippen molar-refractivity contribution in [2.45, 2.75) is 38.9 Å². The minimum absolute atomic E-state index is 0.218. The van der Waals surface area contributed by atoms with Crippen LogP contribution in [-0.2, 0) is 18.4 Å². The zero-order valence-corrected chi connectivity index (χ0v) is 14.6. The maximum atomic E-state index is 13.0. The highest BCUT2D eigenvalue weighted by Crippen LogP contribution is 2.56. The molecule has 2 rings (SSSR count). The third-order valence-corrected chi connectivity index (χ3v) is 6.51. The van der Waals surface area contributed by atoms with Gasteiger partial charge in [-0.1, -0.05) is 12.1 Å². The molecular weight excluding hydrogens is 320 g/mol. The Morgan fingerprint density at radius 3 is 2.35 bits per heavy atom. The molecule has 1 saturated heterocycles. The van der Waals surface area contributed by atoms with Crippen LogP contribution in [0, 0.1) is 5.82 Å². The summed E-state index contributed by atoms with van der Waals surface area (Å²) in [5.41, 5.74) is 0.0772. The SMILES string of the molecule is CCOP(=O)(OCC)C1CCN([C@@H](C)c2ccc(F)cc2)C1=O. The third-order valence-electron chi connectivity index (χ3n) is 4.03. The van der Waals surface area contributed by atoms with Gasteiger partial charge >= 0.3 is 7.60 Å². The zero-order chi connectivity index (χ0) is 17.0. The van der Waals surface area contributed by atoms with Crippen molar-refractivity contribution in [3.05, 3.63) is 35.6 Å². The molecule has 1 fully saturated rings. The van der Waals surface area contributed by atoms with Gasteiger partial charge in [0.05, 0.1) is 19.3 Å². The van der Waals surface area contributed by atoms with Gasteiger partial charge in [-0.15, -0.1) is 0 Å². The summed E-state index contributed by atoms with van der Waals surface area (Å²) < 4.78 is 36.5. The van der Waals surface area contributed by atoms with Crippen molar-refractivity contribution in [3.63, 3.8) is 0 Å². The Kier molecular flexibility index (Phi) is 5.95. The Morgan fingerprint density at radius 1 is 1.26 bits per heavy atom. The zero-order valence-electron chi connectivity index (χ0n) is 13.7. The molecule has 1 aliphatic rings. The van der Waals surface area contributed by atoms with Crippen LogP contribution in [0.3, 0.4) is 0 Å². The van der Waals surface area contributed by atoms with Gasteiger partial charge in [0, 0.05) is 6.54 Å². The van der Waals surface area contributed by atoms with Crippen LogP contribution >= 0.6 is 7.60 Å². The number of hydrogen-bond acceptors (Lipinski definition) is 4. The molecule has 1 aliphatic heterocycles. The van der Waals surface area contributed by atoms with E-state index >= 15 is 0 Å². The topological polar surface area (TPSA) is 55.8 Å². The van der Waals surface area contributed by atoms with Gasteiger partial charge in [0.25, 0.3) is 0 Å². The van der Waals surface area contributed by atoms with Gasteiger partial charge in [-0.25, -0.2) is 4.39 Å². The van der Waals surface area contributed by atoms with E-state index in [-0.39, 0.29) is 31.0 Å². The predicted molar refractivity (Wildman–Crippen MR) is 85.8 cm³/mol. The lowest BCUT2D eigenvalue weighted by Crippen LogP contribution is -2.32. The first-order chi connectivity index (χ1) is 10.9. The molecular formula is C16H23FNO4P. The molecule has 0 radical (unpaired) electrons. The number of nitrogens with zero attached hydrogens (tertiary/aromatic N) is 1. The summed E-state index contributed by atoms with van der Waals surface area (Å²) in [7, 11) is -3.45. The molecule has 1 heterocycles. The molecule has 0 saturated carbocycles. The number of amides is 1. The van der Waals surface area contributed by atoms with Crippen molar-refractivity contribution in [2.24, 2.45) is 0 Å². The van der Waals surface area contributed by atoms with Crippen molar-refractivity contribution < 1.29 is 22.8 Å². The Balaban J connectivity index is 2.17. The Morgan fingerprint density at radius 2 is 1.83 bits per heavy atom. The monoisotopic (exact) mass is 343 g/mol. The van der Waals surface area contributed by atoms with E-state index in [1.807, 2.05) is 6.92 Å². The van der Waals surface area contributed by atoms with Crippen LogP contribution in [0.25, 0.3) is 0 Å². The Bertz CT molecular complexity index is 582. The first-order valence-electron chi connectivity index (χ1n) is 7.87. The van der Waals surface area contributed by atoms with Crippen LogP contribution < -0.4 is 0 Å². The second kappa shape index (κ2) is 7.56. The first-order valence-corrected chi connectivity index (χ1v) is 9.48. The lowest BCUT2D eigenvalue weighted by Gasteiger charge is -2.26. The molecule has 2 atom stereocenters. The molecule has 23 heavy (non-hydrogen) atoms. The van der Waals surface area contributed by atoms with E-state index in [0.29, 0.717) is 13.0 Å². The van der Waals surface area contributed by atoms with Crippen LogP contribution in [0.1, 0.15) is 38.8 Å². The van der Waals surface area contributed by atoms with Crippen molar-refractivity contribution in [1.82, 2.24) is 4.90 Å². The Hall–Kier alpha value is -1.23. The van der Waals surface area contributed by atoms with Crippen molar-refractivity contribution in [3.8, 4) is 0 Å². The number of carbonyl (C=O) groups is 1. The summed E-state index contributed by atoms with van der Waals surface area (Å²) in [5, 5.41) is 0. The highest BCUT2D eigenvalue weighted by Gasteiger charge is 2.48. The first kappa shape index (κ1) is 18.1. The number of rotatable bonds is 7. The van der Waals surface area contributed by atoms with E-state index in [9.17, 15) is 13.8 Å². The van der Waals surface area contributed by atoms with Gasteiger partial charge in [-0.3, -0.25) is 9.36 Å². The van der Waals surface area contributed by atoms with Crippen LogP contribution in [0.4, 0.5) is 4.39 Å². The highest BCUT2D eigenvalue weighted by molar-refractivity contribution is 7.55. The van der Waals surface area contributed by atoms with Crippen LogP contribution in [0.15, 0.2) is 24.3 Å². The molecule has 1 aromatic rings. The third kappa shape index (κ3) is 3.82. The van der Waals surface area contributed by atoms with E-state index in [0.717, 1.165) is 5.56 Å². The molecule has 0 spiro atoms. The average Bonchev–Trinajstić information content (AvgIpc) is 2.90. The molecule has 1 unspecified atom stereocenters. The minimum atomic E-state index is -3.45. The second-order valence-electron chi connectivity index (χ2n) is 5.44. The van der Waals surface area contributed by atoms with E-state index < -0.39 is 13.3 Å². The summed E-state index contributed by atoms with van der Waals surface area (Å²) in [6.07, 6.45) is 0.432. The standard InChI is InChI=1S/C16H23FNO4P/c1-4-21-23(20,22-5-2)15-10-11-18(16(15)19)12(3)13-6-8-14(17)9-7-13/h6-9,12,15H,4-5,10-11H2,1-3H3/t12-,15?/m0/s1. The Labute approximate surface area is 136 Å². The van der Waals surface area contributed by atoms with E-state index in [1.54, 1.807) is 30.9 Å². The summed E-state index contributed by atoms with van der Waals surface area (Å²) in [5.74, 6) is -0.546. The lowest BCUT2D eigenvalue weighted by atomic mass is 10.1. The van der Waals surface area contributed by atoms with Gasteiger partial charge < -0.3 is 13.9 Å². The number of carbonyl (C=O) groups excluding carboxylic acids is 1. The number of halogens is 1. The smallest absolute Gasteiger partial charge is 0.335 e. The van der Waals surface area contributed by atoms with Crippen molar-refractivity contribution in [1.29, 1.82) is 0 Å². The molecule has 1 amide bonds. The molecule has 0 aliphatic carbocycles. The maximum absolute atomic E-state index is 13.0. The lowest BCUT2D eigenvalue weighted by molar-refractivity contribution is -0.129. The van der Waals surface area contributed by atoms with Gasteiger partial charge in [0.15, 0.2) is 0 Å². The van der Waals surface area contributed by atoms with Crippen molar-refractivity contribution >= 4 is 13.5 Å². The van der Waals surface area contributed by atoms with Gasteiger partial charge in [-0.05, 0) is 44.9 Å². The summed E-state index contributed by atoms with van der Waals surface area (Å²) >= 11 is 0. The molecule has 128 valence electrons. The summed E-state index contributed by atoms with van der Waals surface area (Å²) in [6.45, 7) is 6.27. The van der Waals surface area contributed by atoms with Crippen LogP contribution in [0.2, 0.25) is 0 Å². The molecule has 0 bridgehead atoms. The molecule has 7 heteroatoms. The predicted octanol–water partition coefficient (Wildman–Crippen LogP) is 3.75. The van der Waals surface area contributed by atoms with Gasteiger partial charge in [0.1, 0.15) is 11.5 Å². The second-order valence-corrected chi connectivity index (χ2v) is 7.66. The molecule has 5 nitrogen and oxygen atoms in total. The number of benzene rings is 1. The fraction of sp³-hybridized carbons (Fsp3) is 0.562. The summed E-state index contributed by atoms with van der Waals surface area (Å²) in [4.78, 5) is 14.4. The van der Waals surface area contributed by atoms with Crippen molar-refractivity contribution in [2.75, 3.05) is 19.8 Å². The van der Waals surface area contributed by atoms with E-state index in [4.69, 9.17) is 9.05 Å². The molecule has 1 aromatic carbocycles.